The van der Waals surface area contributed by atoms with Crippen LogP contribution in [-0.4, -0.2) is 77.4 Å². The van der Waals surface area contributed by atoms with E-state index in [1.165, 1.54) is 0 Å². The van der Waals surface area contributed by atoms with Gasteiger partial charge >= 0.3 is 5.97 Å². The fourth-order valence-corrected chi connectivity index (χ4v) is 7.82. The Kier molecular flexibility index (Phi) is 6.01. The fourth-order valence-electron chi connectivity index (χ4n) is 7.82. The molecule has 0 amide bonds. The van der Waals surface area contributed by atoms with Crippen LogP contribution in [0.1, 0.15) is 44.2 Å². The number of esters is 1. The van der Waals surface area contributed by atoms with Crippen LogP contribution in [0.5, 0.6) is 5.75 Å². The Morgan fingerprint density at radius 2 is 1.68 bits per heavy atom. The number of hydrogen-bond donors (Lipinski definition) is 7. The minimum atomic E-state index is -2.72. The van der Waals surface area contributed by atoms with Gasteiger partial charge in [0.2, 0.25) is 5.79 Å². The van der Waals surface area contributed by atoms with Gasteiger partial charge in [0, 0.05) is 11.8 Å². The first kappa shape index (κ1) is 26.8. The van der Waals surface area contributed by atoms with E-state index in [9.17, 15) is 35.4 Å². The van der Waals surface area contributed by atoms with Crippen LogP contribution in [0.2, 0.25) is 0 Å². The number of ether oxygens (including phenoxy) is 2. The average Bonchev–Trinajstić information content (AvgIpc) is 3.70. The molecule has 1 saturated heterocycles. The number of fused-ring (bicyclic) bond motifs is 4. The van der Waals surface area contributed by atoms with Crippen LogP contribution in [0.25, 0.3) is 32.4 Å². The summed E-state index contributed by atoms with van der Waals surface area (Å²) in [6.45, 7) is -0.479. The summed E-state index contributed by atoms with van der Waals surface area (Å²) in [5.41, 5.74) is -2.19. The number of benzene rings is 3. The van der Waals surface area contributed by atoms with Crippen LogP contribution < -0.4 is 4.74 Å². The average molecular weight is 564 g/mol. The minimum Gasteiger partial charge on any atom is -0.422 e. The molecule has 2 heterocycles. The summed E-state index contributed by atoms with van der Waals surface area (Å²) >= 11 is 0. The lowest BCUT2D eigenvalue weighted by Gasteiger charge is -2.48. The third kappa shape index (κ3) is 3.66. The monoisotopic (exact) mass is 563 g/mol. The Hall–Kier alpha value is -3.09. The molecule has 3 fully saturated rings. The van der Waals surface area contributed by atoms with E-state index in [1.807, 2.05) is 48.5 Å². The van der Waals surface area contributed by atoms with Crippen molar-refractivity contribution in [3.63, 3.8) is 0 Å². The second kappa shape index (κ2) is 9.20. The first-order valence-corrected chi connectivity index (χ1v) is 14.1. The van der Waals surface area contributed by atoms with Crippen molar-refractivity contribution in [2.75, 3.05) is 0 Å². The second-order valence-electron chi connectivity index (χ2n) is 12.0. The van der Waals surface area contributed by atoms with Gasteiger partial charge in [-0.25, -0.2) is 4.79 Å². The Morgan fingerprint density at radius 1 is 0.976 bits per heavy atom. The molecule has 216 valence electrons. The molecule has 7 N–H and O–H groups in total. The van der Waals surface area contributed by atoms with E-state index in [4.69, 9.17) is 9.47 Å². The molecule has 7 rings (SSSR count). The molecule has 3 aliphatic rings. The summed E-state index contributed by atoms with van der Waals surface area (Å²) in [4.78, 5) is 16.6. The molecule has 10 nitrogen and oxygen atoms in total. The van der Waals surface area contributed by atoms with E-state index in [1.54, 1.807) is 0 Å². The van der Waals surface area contributed by atoms with Gasteiger partial charge < -0.3 is 45.1 Å². The standard InChI is InChI=1S/C31H33NO9/c33-15-22-25(23-20-12-17-6-2-1-5-16(17)11-18(20)7-8-21(23)32-22)40-28(37)26-24(35)27(36)31(39,41-26)30(38)14-19(34)13-29(30)9-3-4-10-29/h1-2,5-8,11-12,19,24,26-27,32-36,38-39H,3-4,9-10,13-15H2. The molecule has 6 atom stereocenters. The first-order valence-electron chi connectivity index (χ1n) is 14.1. The largest absolute Gasteiger partial charge is 0.422 e. The van der Waals surface area contributed by atoms with Crippen molar-refractivity contribution in [2.24, 2.45) is 5.41 Å². The van der Waals surface area contributed by atoms with Gasteiger partial charge in [-0.15, -0.1) is 0 Å². The molecule has 41 heavy (non-hydrogen) atoms. The van der Waals surface area contributed by atoms with Gasteiger partial charge in [-0.3, -0.25) is 0 Å². The molecule has 0 radical (unpaired) electrons. The predicted octanol–water partition coefficient (Wildman–Crippen LogP) is 2.13. The van der Waals surface area contributed by atoms with E-state index >= 15 is 0 Å². The SMILES string of the molecule is O=C(Oc1c(CO)[nH]c2ccc3cc4ccccc4cc3c12)C1OC(O)(C2(O)CC(O)CC23CCCC3)C(O)C1O. The van der Waals surface area contributed by atoms with E-state index in [2.05, 4.69) is 4.98 Å². The summed E-state index contributed by atoms with van der Waals surface area (Å²) in [5, 5.41) is 70.2. The Balaban J connectivity index is 1.27. The van der Waals surface area contributed by atoms with Crippen molar-refractivity contribution < 1.29 is 44.9 Å². The lowest BCUT2D eigenvalue weighted by molar-refractivity contribution is -0.339. The Bertz CT molecular complexity index is 1680. The third-order valence-corrected chi connectivity index (χ3v) is 9.80. The molecule has 6 unspecified atom stereocenters. The molecule has 1 spiro atoms. The van der Waals surface area contributed by atoms with Gasteiger partial charge in [0.05, 0.1) is 29.3 Å². The lowest BCUT2D eigenvalue weighted by atomic mass is 9.67. The normalized spacial score (nSPS) is 33.0. The van der Waals surface area contributed by atoms with Crippen molar-refractivity contribution in [3.8, 4) is 5.75 Å². The van der Waals surface area contributed by atoms with Gasteiger partial charge in [0.15, 0.2) is 11.9 Å². The van der Waals surface area contributed by atoms with Crippen LogP contribution >= 0.6 is 0 Å². The molecular weight excluding hydrogens is 530 g/mol. The van der Waals surface area contributed by atoms with E-state index in [0.29, 0.717) is 23.7 Å². The van der Waals surface area contributed by atoms with E-state index < -0.39 is 53.8 Å². The smallest absolute Gasteiger partial charge is 0.343 e. The zero-order valence-corrected chi connectivity index (χ0v) is 22.3. The zero-order chi connectivity index (χ0) is 28.7. The number of nitrogens with one attached hydrogen (secondary N) is 1. The Labute approximate surface area is 234 Å². The topological polar surface area (TPSA) is 173 Å². The van der Waals surface area contributed by atoms with Crippen molar-refractivity contribution in [3.05, 3.63) is 54.2 Å². The van der Waals surface area contributed by atoms with Crippen LogP contribution in [0, 0.1) is 5.41 Å². The van der Waals surface area contributed by atoms with Crippen LogP contribution in [-0.2, 0) is 16.1 Å². The van der Waals surface area contributed by atoms with Gasteiger partial charge in [0.1, 0.15) is 17.8 Å². The quantitative estimate of drug-likeness (QED) is 0.145. The van der Waals surface area contributed by atoms with Crippen LogP contribution in [0.3, 0.4) is 0 Å². The first-order chi connectivity index (χ1) is 19.6. The van der Waals surface area contributed by atoms with Crippen LogP contribution in [0.4, 0.5) is 0 Å². The highest BCUT2D eigenvalue weighted by atomic mass is 16.7. The molecule has 1 aromatic heterocycles. The number of aromatic nitrogens is 1. The maximum absolute atomic E-state index is 13.6. The van der Waals surface area contributed by atoms with Crippen molar-refractivity contribution in [2.45, 2.75) is 80.9 Å². The number of carbonyl (C=O) groups is 1. The number of aliphatic hydroxyl groups excluding tert-OH is 4. The summed E-state index contributed by atoms with van der Waals surface area (Å²) in [6.07, 6.45) is -4.27. The lowest BCUT2D eigenvalue weighted by Crippen LogP contribution is -2.66. The highest BCUT2D eigenvalue weighted by molar-refractivity contribution is 6.14. The molecule has 3 aromatic carbocycles. The molecule has 2 saturated carbocycles. The summed E-state index contributed by atoms with van der Waals surface area (Å²) < 4.78 is 11.5. The van der Waals surface area contributed by atoms with Gasteiger partial charge in [-0.1, -0.05) is 43.2 Å². The molecule has 2 aliphatic carbocycles. The maximum Gasteiger partial charge on any atom is 0.343 e. The third-order valence-electron chi connectivity index (χ3n) is 9.80. The minimum absolute atomic E-state index is 0.0383. The molecule has 4 aromatic rings. The number of hydrogen-bond acceptors (Lipinski definition) is 9. The summed E-state index contributed by atoms with van der Waals surface area (Å²) in [7, 11) is 0. The van der Waals surface area contributed by atoms with E-state index in [0.717, 1.165) is 34.4 Å². The molecule has 10 heteroatoms. The maximum atomic E-state index is 13.6. The summed E-state index contributed by atoms with van der Waals surface area (Å²) in [6, 6.07) is 15.5. The number of H-pyrrole nitrogens is 1. The van der Waals surface area contributed by atoms with Crippen molar-refractivity contribution >= 4 is 38.4 Å². The number of rotatable bonds is 4. The number of aromatic amines is 1. The number of aliphatic hydroxyl groups is 6. The van der Waals surface area contributed by atoms with E-state index in [-0.39, 0.29) is 24.3 Å². The fraction of sp³-hybridized carbons (Fsp3) is 0.452. The van der Waals surface area contributed by atoms with Crippen LogP contribution in [0.15, 0.2) is 48.5 Å². The van der Waals surface area contributed by atoms with Crippen molar-refractivity contribution in [1.82, 2.24) is 4.98 Å². The highest BCUT2D eigenvalue weighted by Gasteiger charge is 2.74. The van der Waals surface area contributed by atoms with Crippen molar-refractivity contribution in [1.29, 1.82) is 0 Å². The number of carbonyl (C=O) groups excluding carboxylic acids is 1. The van der Waals surface area contributed by atoms with Gasteiger partial charge in [0.25, 0.3) is 0 Å². The highest BCUT2D eigenvalue weighted by Crippen LogP contribution is 2.62. The summed E-state index contributed by atoms with van der Waals surface area (Å²) in [5.74, 6) is -3.79. The van der Waals surface area contributed by atoms with Gasteiger partial charge in [-0.2, -0.15) is 0 Å². The molecule has 0 bridgehead atoms. The second-order valence-corrected chi connectivity index (χ2v) is 12.0. The van der Waals surface area contributed by atoms with Gasteiger partial charge in [-0.05, 0) is 59.0 Å². The Morgan fingerprint density at radius 3 is 2.39 bits per heavy atom. The molecular formula is C31H33NO9. The predicted molar refractivity (Wildman–Crippen MR) is 148 cm³/mol. The molecule has 1 aliphatic heterocycles. The zero-order valence-electron chi connectivity index (χ0n) is 22.3.